The molecule has 5 nitrogen and oxygen atoms in total. The second-order valence-electron chi connectivity index (χ2n) is 9.40. The van der Waals surface area contributed by atoms with Gasteiger partial charge in [-0.2, -0.15) is 0 Å². The normalized spacial score (nSPS) is 30.4. The van der Waals surface area contributed by atoms with Crippen LogP contribution in [-0.4, -0.2) is 38.7 Å². The Kier molecular flexibility index (Phi) is 3.52. The monoisotopic (exact) mass is 342 g/mol. The Bertz CT molecular complexity index is 667. The molecule has 0 N–H and O–H groups in total. The predicted molar refractivity (Wildman–Crippen MR) is 95.1 cm³/mol. The van der Waals surface area contributed by atoms with Crippen LogP contribution in [-0.2, 0) is 4.79 Å². The van der Waals surface area contributed by atoms with Gasteiger partial charge in [-0.1, -0.05) is 32.6 Å². The zero-order chi connectivity index (χ0) is 17.1. The largest absolute Gasteiger partial charge is 0.341 e. The zero-order valence-corrected chi connectivity index (χ0v) is 15.4. The number of aromatic nitrogens is 3. The molecule has 5 rings (SSSR count). The second-order valence-corrected chi connectivity index (χ2v) is 9.40. The standard InChI is InChI=1S/C20H30N4O/c1-19(8-3-2-4-9-19)18(25)23-12-16(20(13-23)10-5-11-20)17-22-21-14-24(17)15-6-7-15/h14-16H,2-13H2,1H3. The van der Waals surface area contributed by atoms with Crippen LogP contribution < -0.4 is 0 Å². The average Bonchev–Trinajstić information content (AvgIpc) is 3.17. The first kappa shape index (κ1) is 15.8. The lowest BCUT2D eigenvalue weighted by atomic mass is 9.62. The van der Waals surface area contributed by atoms with Gasteiger partial charge in [-0.3, -0.25) is 4.79 Å². The molecule has 136 valence electrons. The van der Waals surface area contributed by atoms with E-state index in [-0.39, 0.29) is 10.8 Å². The highest BCUT2D eigenvalue weighted by molar-refractivity contribution is 5.83. The van der Waals surface area contributed by atoms with E-state index >= 15 is 0 Å². The molecule has 3 saturated carbocycles. The summed E-state index contributed by atoms with van der Waals surface area (Å²) in [7, 11) is 0. The Morgan fingerprint density at radius 2 is 1.88 bits per heavy atom. The van der Waals surface area contributed by atoms with Crippen molar-refractivity contribution in [2.75, 3.05) is 13.1 Å². The van der Waals surface area contributed by atoms with Gasteiger partial charge in [0.2, 0.25) is 5.91 Å². The van der Waals surface area contributed by atoms with Crippen LogP contribution >= 0.6 is 0 Å². The summed E-state index contributed by atoms with van der Waals surface area (Å²) in [6.07, 6.45) is 14.1. The highest BCUT2D eigenvalue weighted by atomic mass is 16.2. The lowest BCUT2D eigenvalue weighted by molar-refractivity contribution is -0.142. The lowest BCUT2D eigenvalue weighted by Gasteiger charge is -2.42. The van der Waals surface area contributed by atoms with Gasteiger partial charge in [0.1, 0.15) is 12.2 Å². The molecule has 1 unspecified atom stereocenters. The molecule has 1 spiro atoms. The van der Waals surface area contributed by atoms with Crippen molar-refractivity contribution >= 4 is 5.91 Å². The van der Waals surface area contributed by atoms with E-state index in [1.807, 2.05) is 6.33 Å². The minimum Gasteiger partial charge on any atom is -0.341 e. The fourth-order valence-corrected chi connectivity index (χ4v) is 5.68. The molecule has 1 saturated heterocycles. The number of likely N-dealkylation sites (tertiary alicyclic amines) is 1. The maximum absolute atomic E-state index is 13.4. The number of amides is 1. The first-order chi connectivity index (χ1) is 12.1. The Morgan fingerprint density at radius 3 is 2.52 bits per heavy atom. The molecule has 1 amide bonds. The number of hydrogen-bond donors (Lipinski definition) is 0. The van der Waals surface area contributed by atoms with E-state index in [9.17, 15) is 4.79 Å². The minimum atomic E-state index is -0.123. The summed E-state index contributed by atoms with van der Waals surface area (Å²) in [5, 5.41) is 8.77. The molecule has 1 aliphatic heterocycles. The van der Waals surface area contributed by atoms with E-state index in [2.05, 4.69) is 26.6 Å². The summed E-state index contributed by atoms with van der Waals surface area (Å²) in [6.45, 7) is 4.02. The van der Waals surface area contributed by atoms with Crippen molar-refractivity contribution in [1.82, 2.24) is 19.7 Å². The molecule has 0 radical (unpaired) electrons. The number of nitrogens with zero attached hydrogens (tertiary/aromatic N) is 4. The van der Waals surface area contributed by atoms with Crippen molar-refractivity contribution in [2.24, 2.45) is 10.8 Å². The van der Waals surface area contributed by atoms with Crippen molar-refractivity contribution in [1.29, 1.82) is 0 Å². The maximum atomic E-state index is 13.4. The number of rotatable bonds is 3. The third-order valence-electron chi connectivity index (χ3n) is 7.61. The second kappa shape index (κ2) is 5.55. The van der Waals surface area contributed by atoms with Crippen LogP contribution in [0.3, 0.4) is 0 Å². The van der Waals surface area contributed by atoms with Crippen molar-refractivity contribution in [3.8, 4) is 0 Å². The molecule has 1 aromatic rings. The number of carbonyl (C=O) groups excluding carboxylic acids is 1. The van der Waals surface area contributed by atoms with E-state index in [1.54, 1.807) is 0 Å². The highest BCUT2D eigenvalue weighted by Gasteiger charge is 2.55. The molecule has 0 aromatic carbocycles. The van der Waals surface area contributed by atoms with Crippen LogP contribution in [0.1, 0.15) is 88.9 Å². The van der Waals surface area contributed by atoms with E-state index < -0.39 is 0 Å². The van der Waals surface area contributed by atoms with E-state index in [1.165, 1.54) is 51.4 Å². The Labute approximate surface area is 150 Å². The molecule has 4 aliphatic rings. The van der Waals surface area contributed by atoms with Gasteiger partial charge in [0, 0.05) is 30.5 Å². The smallest absolute Gasteiger partial charge is 0.228 e. The van der Waals surface area contributed by atoms with E-state index in [4.69, 9.17) is 0 Å². The van der Waals surface area contributed by atoms with Gasteiger partial charge in [-0.15, -0.1) is 10.2 Å². The first-order valence-electron chi connectivity index (χ1n) is 10.3. The van der Waals surface area contributed by atoms with Crippen LogP contribution in [0.5, 0.6) is 0 Å². The molecule has 4 fully saturated rings. The molecule has 0 bridgehead atoms. The van der Waals surface area contributed by atoms with Gasteiger partial charge in [0.25, 0.3) is 0 Å². The van der Waals surface area contributed by atoms with Crippen LogP contribution in [0.2, 0.25) is 0 Å². The topological polar surface area (TPSA) is 51.0 Å². The molecule has 1 atom stereocenters. The molecule has 3 aliphatic carbocycles. The maximum Gasteiger partial charge on any atom is 0.228 e. The molecule has 25 heavy (non-hydrogen) atoms. The highest BCUT2D eigenvalue weighted by Crippen LogP contribution is 2.57. The third kappa shape index (κ3) is 2.45. The van der Waals surface area contributed by atoms with Crippen molar-refractivity contribution < 1.29 is 4.79 Å². The molecule has 5 heteroatoms. The van der Waals surface area contributed by atoms with Gasteiger partial charge < -0.3 is 9.47 Å². The summed E-state index contributed by atoms with van der Waals surface area (Å²) in [5.41, 5.74) is 0.155. The lowest BCUT2D eigenvalue weighted by Crippen LogP contribution is -2.44. The molecular weight excluding hydrogens is 312 g/mol. The van der Waals surface area contributed by atoms with Gasteiger partial charge in [-0.05, 0) is 43.9 Å². The van der Waals surface area contributed by atoms with Crippen molar-refractivity contribution in [3.05, 3.63) is 12.2 Å². The SMILES string of the molecule is CC1(C(=O)N2CC(c3nncn3C3CC3)C3(CCC3)C2)CCCCC1. The number of hydrogen-bond acceptors (Lipinski definition) is 3. The number of carbonyl (C=O) groups is 1. The van der Waals surface area contributed by atoms with Crippen molar-refractivity contribution in [3.63, 3.8) is 0 Å². The molecule has 1 aromatic heterocycles. The Morgan fingerprint density at radius 1 is 1.12 bits per heavy atom. The quantitative estimate of drug-likeness (QED) is 0.842. The summed E-state index contributed by atoms with van der Waals surface area (Å²) in [5.74, 6) is 1.96. The summed E-state index contributed by atoms with van der Waals surface area (Å²) < 4.78 is 2.32. The van der Waals surface area contributed by atoms with Gasteiger partial charge in [0.05, 0.1) is 0 Å². The van der Waals surface area contributed by atoms with Gasteiger partial charge in [0.15, 0.2) is 0 Å². The van der Waals surface area contributed by atoms with Gasteiger partial charge in [-0.25, -0.2) is 0 Å². The fourth-order valence-electron chi connectivity index (χ4n) is 5.68. The third-order valence-corrected chi connectivity index (χ3v) is 7.61. The minimum absolute atomic E-state index is 0.123. The van der Waals surface area contributed by atoms with Crippen LogP contribution in [0.25, 0.3) is 0 Å². The predicted octanol–water partition coefficient (Wildman–Crippen LogP) is 3.68. The zero-order valence-electron chi connectivity index (χ0n) is 15.4. The first-order valence-corrected chi connectivity index (χ1v) is 10.3. The average molecular weight is 342 g/mol. The van der Waals surface area contributed by atoms with Crippen molar-refractivity contribution in [2.45, 2.75) is 83.1 Å². The molecule has 2 heterocycles. The Hall–Kier alpha value is -1.39. The summed E-state index contributed by atoms with van der Waals surface area (Å²) >= 11 is 0. The molecular formula is C20H30N4O. The van der Waals surface area contributed by atoms with E-state index in [0.717, 1.165) is 31.8 Å². The van der Waals surface area contributed by atoms with Crippen LogP contribution in [0.15, 0.2) is 6.33 Å². The van der Waals surface area contributed by atoms with Crippen LogP contribution in [0.4, 0.5) is 0 Å². The summed E-state index contributed by atoms with van der Waals surface area (Å²) in [4.78, 5) is 15.6. The van der Waals surface area contributed by atoms with E-state index in [0.29, 0.717) is 17.9 Å². The van der Waals surface area contributed by atoms with Crippen LogP contribution in [0, 0.1) is 10.8 Å². The van der Waals surface area contributed by atoms with Gasteiger partial charge >= 0.3 is 0 Å². The fraction of sp³-hybridized carbons (Fsp3) is 0.850. The summed E-state index contributed by atoms with van der Waals surface area (Å²) in [6, 6.07) is 0.614. The Balaban J connectivity index is 1.41.